The first-order valence-corrected chi connectivity index (χ1v) is 11.5. The molecule has 32 heavy (non-hydrogen) atoms. The molecular formula is C23H22N2O6S. The van der Waals surface area contributed by atoms with Crippen molar-refractivity contribution in [1.29, 1.82) is 0 Å². The molecule has 1 heterocycles. The minimum Gasteiger partial charge on any atom is -0.494 e. The van der Waals surface area contributed by atoms with Crippen molar-refractivity contribution >= 4 is 27.3 Å². The zero-order valence-corrected chi connectivity index (χ0v) is 18.1. The summed E-state index contributed by atoms with van der Waals surface area (Å²) in [5, 5.41) is 2.75. The number of carbonyl (C=O) groups excluding carboxylic acids is 1. The van der Waals surface area contributed by atoms with E-state index in [1.54, 1.807) is 48.5 Å². The molecule has 3 aromatic rings. The molecule has 0 fully saturated rings. The maximum Gasteiger partial charge on any atom is 0.261 e. The molecule has 3 aromatic carbocycles. The number of anilines is 2. The van der Waals surface area contributed by atoms with Gasteiger partial charge in [-0.3, -0.25) is 9.52 Å². The van der Waals surface area contributed by atoms with Gasteiger partial charge in [-0.15, -0.1) is 0 Å². The Balaban J connectivity index is 1.49. The van der Waals surface area contributed by atoms with Crippen molar-refractivity contribution in [3.8, 4) is 17.2 Å². The van der Waals surface area contributed by atoms with Crippen LogP contribution >= 0.6 is 0 Å². The second-order valence-electron chi connectivity index (χ2n) is 6.90. The van der Waals surface area contributed by atoms with E-state index in [1.807, 2.05) is 6.92 Å². The second-order valence-corrected chi connectivity index (χ2v) is 8.59. The average Bonchev–Trinajstić information content (AvgIpc) is 2.80. The average molecular weight is 455 g/mol. The quantitative estimate of drug-likeness (QED) is 0.561. The number of benzene rings is 3. The molecule has 0 bridgehead atoms. The van der Waals surface area contributed by atoms with Gasteiger partial charge in [-0.2, -0.15) is 0 Å². The lowest BCUT2D eigenvalue weighted by molar-refractivity contribution is 0.102. The van der Waals surface area contributed by atoms with E-state index in [1.165, 1.54) is 18.2 Å². The number of hydrogen-bond acceptors (Lipinski definition) is 6. The molecule has 0 radical (unpaired) electrons. The summed E-state index contributed by atoms with van der Waals surface area (Å²) in [7, 11) is -3.89. The Morgan fingerprint density at radius 2 is 1.66 bits per heavy atom. The number of nitrogens with one attached hydrogen (secondary N) is 2. The van der Waals surface area contributed by atoms with Crippen LogP contribution < -0.4 is 24.2 Å². The van der Waals surface area contributed by atoms with Crippen LogP contribution in [0.5, 0.6) is 17.2 Å². The van der Waals surface area contributed by atoms with E-state index in [4.69, 9.17) is 14.2 Å². The van der Waals surface area contributed by atoms with Crippen LogP contribution in [0.2, 0.25) is 0 Å². The van der Waals surface area contributed by atoms with Gasteiger partial charge in [0.15, 0.2) is 11.5 Å². The Morgan fingerprint density at radius 3 is 2.41 bits per heavy atom. The third-order valence-electron chi connectivity index (χ3n) is 4.62. The zero-order valence-electron chi connectivity index (χ0n) is 17.3. The van der Waals surface area contributed by atoms with Crippen LogP contribution in [-0.2, 0) is 10.0 Å². The molecule has 0 aliphatic carbocycles. The predicted octanol–water partition coefficient (Wildman–Crippen LogP) is 3.91. The summed E-state index contributed by atoms with van der Waals surface area (Å²) in [6.45, 7) is 3.30. The Kier molecular flexibility index (Phi) is 6.18. The van der Waals surface area contributed by atoms with Gasteiger partial charge in [0.1, 0.15) is 19.0 Å². The van der Waals surface area contributed by atoms with Crippen molar-refractivity contribution in [1.82, 2.24) is 0 Å². The van der Waals surface area contributed by atoms with E-state index in [0.29, 0.717) is 48.4 Å². The van der Waals surface area contributed by atoms with Crippen molar-refractivity contribution < 1.29 is 27.4 Å². The topological polar surface area (TPSA) is 103 Å². The third-order valence-corrected chi connectivity index (χ3v) is 6.00. The fourth-order valence-electron chi connectivity index (χ4n) is 3.13. The standard InChI is InChI=1S/C23H22N2O6S/c1-2-29-19-9-6-17(7-10-19)25-32(27,28)20-5-3-4-16(14-20)23(26)24-18-8-11-21-22(15-18)31-13-12-30-21/h3-11,14-15,25H,2,12-13H2,1H3,(H,24,26). The number of sulfonamides is 1. The van der Waals surface area contributed by atoms with Crippen LogP contribution in [0.1, 0.15) is 17.3 Å². The number of rotatable bonds is 7. The first-order valence-electron chi connectivity index (χ1n) is 10.0. The molecule has 4 rings (SSSR count). The predicted molar refractivity (Wildman–Crippen MR) is 120 cm³/mol. The molecule has 0 saturated heterocycles. The fraction of sp³-hybridized carbons (Fsp3) is 0.174. The second kappa shape index (κ2) is 9.19. The molecule has 0 saturated carbocycles. The maximum absolute atomic E-state index is 12.8. The van der Waals surface area contributed by atoms with Crippen LogP contribution in [-0.4, -0.2) is 34.1 Å². The van der Waals surface area contributed by atoms with Crippen molar-refractivity contribution in [3.63, 3.8) is 0 Å². The van der Waals surface area contributed by atoms with Gasteiger partial charge < -0.3 is 19.5 Å². The summed E-state index contributed by atoms with van der Waals surface area (Å²) in [6, 6.07) is 17.5. The van der Waals surface area contributed by atoms with Crippen molar-refractivity contribution in [2.45, 2.75) is 11.8 Å². The molecule has 8 nitrogen and oxygen atoms in total. The highest BCUT2D eigenvalue weighted by molar-refractivity contribution is 7.92. The first kappa shape index (κ1) is 21.5. The summed E-state index contributed by atoms with van der Waals surface area (Å²) in [6.07, 6.45) is 0. The van der Waals surface area contributed by atoms with E-state index in [-0.39, 0.29) is 10.5 Å². The first-order chi connectivity index (χ1) is 15.4. The minimum atomic E-state index is -3.89. The summed E-state index contributed by atoms with van der Waals surface area (Å²) in [4.78, 5) is 12.7. The highest BCUT2D eigenvalue weighted by atomic mass is 32.2. The zero-order chi connectivity index (χ0) is 22.6. The van der Waals surface area contributed by atoms with E-state index in [2.05, 4.69) is 10.0 Å². The highest BCUT2D eigenvalue weighted by Gasteiger charge is 2.18. The summed E-state index contributed by atoms with van der Waals surface area (Å²) in [5.41, 5.74) is 1.11. The highest BCUT2D eigenvalue weighted by Crippen LogP contribution is 2.32. The number of ether oxygens (including phenoxy) is 3. The molecule has 0 aromatic heterocycles. The Bertz CT molecular complexity index is 1230. The fourth-order valence-corrected chi connectivity index (χ4v) is 4.23. The van der Waals surface area contributed by atoms with E-state index in [9.17, 15) is 13.2 Å². The smallest absolute Gasteiger partial charge is 0.261 e. The van der Waals surface area contributed by atoms with E-state index < -0.39 is 15.9 Å². The maximum atomic E-state index is 12.8. The van der Waals surface area contributed by atoms with Gasteiger partial charge in [-0.1, -0.05) is 6.07 Å². The van der Waals surface area contributed by atoms with Crippen molar-refractivity contribution in [2.75, 3.05) is 29.9 Å². The molecule has 0 atom stereocenters. The van der Waals surface area contributed by atoms with Gasteiger partial charge in [0.25, 0.3) is 15.9 Å². The lowest BCUT2D eigenvalue weighted by atomic mass is 10.2. The van der Waals surface area contributed by atoms with Crippen LogP contribution in [0.25, 0.3) is 0 Å². The van der Waals surface area contributed by atoms with E-state index >= 15 is 0 Å². The van der Waals surface area contributed by atoms with Gasteiger partial charge in [-0.05, 0) is 61.5 Å². The molecule has 1 aliphatic rings. The molecule has 9 heteroatoms. The number of fused-ring (bicyclic) bond motifs is 1. The van der Waals surface area contributed by atoms with Gasteiger partial charge >= 0.3 is 0 Å². The van der Waals surface area contributed by atoms with Crippen LogP contribution in [0.3, 0.4) is 0 Å². The lowest BCUT2D eigenvalue weighted by Gasteiger charge is -2.19. The molecule has 0 spiro atoms. The summed E-state index contributed by atoms with van der Waals surface area (Å²) in [5.74, 6) is 1.36. The third kappa shape index (κ3) is 4.94. The Morgan fingerprint density at radius 1 is 0.938 bits per heavy atom. The lowest BCUT2D eigenvalue weighted by Crippen LogP contribution is -2.17. The van der Waals surface area contributed by atoms with Crippen LogP contribution in [0.4, 0.5) is 11.4 Å². The normalized spacial score (nSPS) is 12.7. The van der Waals surface area contributed by atoms with Crippen LogP contribution in [0.15, 0.2) is 71.6 Å². The van der Waals surface area contributed by atoms with Gasteiger partial charge in [0.05, 0.1) is 11.5 Å². The van der Waals surface area contributed by atoms with Gasteiger partial charge in [-0.25, -0.2) is 8.42 Å². The molecule has 1 aliphatic heterocycles. The van der Waals surface area contributed by atoms with Crippen molar-refractivity contribution in [3.05, 3.63) is 72.3 Å². The number of carbonyl (C=O) groups is 1. The number of hydrogen-bond donors (Lipinski definition) is 2. The minimum absolute atomic E-state index is 0.0267. The molecule has 0 unspecified atom stereocenters. The van der Waals surface area contributed by atoms with Gasteiger partial charge in [0, 0.05) is 23.0 Å². The molecule has 1 amide bonds. The summed E-state index contributed by atoms with van der Waals surface area (Å²) < 4.78 is 44.5. The monoisotopic (exact) mass is 454 g/mol. The van der Waals surface area contributed by atoms with Crippen molar-refractivity contribution in [2.24, 2.45) is 0 Å². The summed E-state index contributed by atoms with van der Waals surface area (Å²) >= 11 is 0. The SMILES string of the molecule is CCOc1ccc(NS(=O)(=O)c2cccc(C(=O)Nc3ccc4c(c3)OCCO4)c2)cc1. The molecular weight excluding hydrogens is 432 g/mol. The Hall–Kier alpha value is -3.72. The Labute approximate surface area is 186 Å². The molecule has 166 valence electrons. The van der Waals surface area contributed by atoms with E-state index in [0.717, 1.165) is 0 Å². The molecule has 2 N–H and O–H groups in total. The van der Waals surface area contributed by atoms with Gasteiger partial charge in [0.2, 0.25) is 0 Å². The van der Waals surface area contributed by atoms with Crippen LogP contribution in [0, 0.1) is 0 Å². The number of amides is 1. The largest absolute Gasteiger partial charge is 0.494 e.